The van der Waals surface area contributed by atoms with Gasteiger partial charge in [0.05, 0.1) is 5.69 Å². The third kappa shape index (κ3) is 5.81. The van der Waals surface area contributed by atoms with Crippen LogP contribution in [0.1, 0.15) is 61.2 Å². The summed E-state index contributed by atoms with van der Waals surface area (Å²) >= 11 is 0. The maximum absolute atomic E-state index is 12.5. The van der Waals surface area contributed by atoms with Crippen molar-refractivity contribution in [3.8, 4) is 0 Å². The molecule has 2 aliphatic heterocycles. The topological polar surface area (TPSA) is 87.4 Å². The van der Waals surface area contributed by atoms with Crippen LogP contribution >= 0.6 is 0 Å². The van der Waals surface area contributed by atoms with Crippen LogP contribution < -0.4 is 10.2 Å². The van der Waals surface area contributed by atoms with E-state index in [9.17, 15) is 4.79 Å². The SMILES string of the molecule is Cc1noc2nc(CCC(=O)NCCCN3CCc4ccccc4C3)nc(N3CCCCCC3)c12. The number of hydrogen-bond donors (Lipinski definition) is 1. The van der Waals surface area contributed by atoms with Crippen LogP contribution in [0.4, 0.5) is 5.82 Å². The largest absolute Gasteiger partial charge is 0.356 e. The Bertz CT molecular complexity index is 1150. The number of nitrogens with zero attached hydrogens (tertiary/aromatic N) is 5. The van der Waals surface area contributed by atoms with Crippen molar-refractivity contribution >= 4 is 22.8 Å². The Labute approximate surface area is 207 Å². The van der Waals surface area contributed by atoms with Crippen molar-refractivity contribution in [2.45, 2.75) is 64.8 Å². The lowest BCUT2D eigenvalue weighted by atomic mass is 10.00. The van der Waals surface area contributed by atoms with Crippen LogP contribution in [0.2, 0.25) is 0 Å². The van der Waals surface area contributed by atoms with Crippen molar-refractivity contribution in [3.05, 3.63) is 46.9 Å². The number of aromatic nitrogens is 3. The molecule has 8 nitrogen and oxygen atoms in total. The van der Waals surface area contributed by atoms with Gasteiger partial charge in [0.25, 0.3) is 5.71 Å². The van der Waals surface area contributed by atoms with E-state index in [4.69, 9.17) is 9.51 Å². The Morgan fingerprint density at radius 1 is 1.06 bits per heavy atom. The summed E-state index contributed by atoms with van der Waals surface area (Å²) in [6.45, 7) is 7.69. The molecule has 0 spiro atoms. The molecule has 0 atom stereocenters. The summed E-state index contributed by atoms with van der Waals surface area (Å²) in [6, 6.07) is 8.69. The zero-order chi connectivity index (χ0) is 24.0. The number of rotatable bonds is 8. The maximum atomic E-state index is 12.5. The molecule has 0 saturated carbocycles. The fourth-order valence-corrected chi connectivity index (χ4v) is 5.22. The average Bonchev–Trinajstić information content (AvgIpc) is 3.07. The van der Waals surface area contributed by atoms with Crippen LogP contribution in [0.3, 0.4) is 0 Å². The number of amides is 1. The van der Waals surface area contributed by atoms with E-state index in [1.54, 1.807) is 0 Å². The van der Waals surface area contributed by atoms with Crippen LogP contribution in [0.25, 0.3) is 11.1 Å². The number of anilines is 1. The van der Waals surface area contributed by atoms with Crippen molar-refractivity contribution < 1.29 is 9.32 Å². The van der Waals surface area contributed by atoms with E-state index >= 15 is 0 Å². The molecule has 0 unspecified atom stereocenters. The lowest BCUT2D eigenvalue weighted by Crippen LogP contribution is -2.33. The number of fused-ring (bicyclic) bond motifs is 2. The highest BCUT2D eigenvalue weighted by Crippen LogP contribution is 2.29. The molecule has 5 rings (SSSR count). The van der Waals surface area contributed by atoms with Crippen LogP contribution in [0.5, 0.6) is 0 Å². The summed E-state index contributed by atoms with van der Waals surface area (Å²) in [7, 11) is 0. The molecule has 4 heterocycles. The minimum Gasteiger partial charge on any atom is -0.356 e. The molecule has 8 heteroatoms. The molecule has 1 amide bonds. The molecule has 1 saturated heterocycles. The highest BCUT2D eigenvalue weighted by atomic mass is 16.5. The van der Waals surface area contributed by atoms with E-state index in [1.165, 1.54) is 24.0 Å². The standard InChI is InChI=1S/C27H36N6O2/c1-20-25-26(33-16-6-2-3-7-17-33)29-23(30-27(25)35-31-20)11-12-24(34)28-14-8-15-32-18-13-21-9-4-5-10-22(21)19-32/h4-5,9-10H,2-3,6-8,11-19H2,1H3,(H,28,34). The lowest BCUT2D eigenvalue weighted by Gasteiger charge is -2.28. The van der Waals surface area contributed by atoms with Gasteiger partial charge in [0.1, 0.15) is 17.0 Å². The monoisotopic (exact) mass is 476 g/mol. The highest BCUT2D eigenvalue weighted by molar-refractivity contribution is 5.88. The average molecular weight is 477 g/mol. The summed E-state index contributed by atoms with van der Waals surface area (Å²) in [5.41, 5.74) is 4.24. The Morgan fingerprint density at radius 3 is 2.69 bits per heavy atom. The Morgan fingerprint density at radius 2 is 1.86 bits per heavy atom. The third-order valence-corrected chi connectivity index (χ3v) is 7.20. The van der Waals surface area contributed by atoms with Crippen molar-refractivity contribution in [3.63, 3.8) is 0 Å². The second-order valence-electron chi connectivity index (χ2n) is 9.81. The van der Waals surface area contributed by atoms with E-state index in [0.29, 0.717) is 30.9 Å². The Kier molecular flexibility index (Phi) is 7.57. The van der Waals surface area contributed by atoms with E-state index in [1.807, 2.05) is 6.92 Å². The quantitative estimate of drug-likeness (QED) is 0.495. The van der Waals surface area contributed by atoms with Gasteiger partial charge in [-0.3, -0.25) is 9.69 Å². The molecule has 35 heavy (non-hydrogen) atoms. The fourth-order valence-electron chi connectivity index (χ4n) is 5.22. The van der Waals surface area contributed by atoms with Crippen molar-refractivity contribution in [1.82, 2.24) is 25.3 Å². The first-order chi connectivity index (χ1) is 17.2. The number of aryl methyl sites for hydroxylation is 2. The van der Waals surface area contributed by atoms with Gasteiger partial charge < -0.3 is 14.7 Å². The molecule has 1 fully saturated rings. The zero-order valence-corrected chi connectivity index (χ0v) is 20.8. The van der Waals surface area contributed by atoms with Gasteiger partial charge in [0.2, 0.25) is 5.91 Å². The first kappa shape index (κ1) is 23.7. The number of benzene rings is 1. The number of nitrogens with one attached hydrogen (secondary N) is 1. The van der Waals surface area contributed by atoms with Gasteiger partial charge in [-0.1, -0.05) is 42.3 Å². The summed E-state index contributed by atoms with van der Waals surface area (Å²) in [5, 5.41) is 8.10. The van der Waals surface area contributed by atoms with E-state index in [2.05, 4.69) is 49.5 Å². The van der Waals surface area contributed by atoms with Crippen LogP contribution in [0, 0.1) is 6.92 Å². The predicted molar refractivity (Wildman–Crippen MR) is 136 cm³/mol. The first-order valence-electron chi connectivity index (χ1n) is 13.1. The number of hydrogen-bond acceptors (Lipinski definition) is 7. The summed E-state index contributed by atoms with van der Waals surface area (Å²) in [6.07, 6.45) is 7.76. The molecule has 2 aromatic heterocycles. The van der Waals surface area contributed by atoms with E-state index in [-0.39, 0.29) is 5.91 Å². The number of carbonyl (C=O) groups is 1. The molecule has 186 valence electrons. The summed E-state index contributed by atoms with van der Waals surface area (Å²) < 4.78 is 5.48. The molecule has 0 aliphatic carbocycles. The van der Waals surface area contributed by atoms with Gasteiger partial charge in [0, 0.05) is 52.1 Å². The summed E-state index contributed by atoms with van der Waals surface area (Å²) in [4.78, 5) is 26.8. The highest BCUT2D eigenvalue weighted by Gasteiger charge is 2.21. The maximum Gasteiger partial charge on any atom is 0.263 e. The molecule has 0 bridgehead atoms. The van der Waals surface area contributed by atoms with Crippen LogP contribution in [-0.4, -0.2) is 58.7 Å². The molecule has 2 aliphatic rings. The van der Waals surface area contributed by atoms with Crippen molar-refractivity contribution in [2.24, 2.45) is 0 Å². The molecular formula is C27H36N6O2. The lowest BCUT2D eigenvalue weighted by molar-refractivity contribution is -0.121. The van der Waals surface area contributed by atoms with Crippen molar-refractivity contribution in [1.29, 1.82) is 0 Å². The van der Waals surface area contributed by atoms with Crippen LogP contribution in [-0.2, 0) is 24.2 Å². The molecule has 0 radical (unpaired) electrons. The van der Waals surface area contributed by atoms with Gasteiger partial charge in [-0.05, 0) is 43.7 Å². The van der Waals surface area contributed by atoms with Gasteiger partial charge in [0.15, 0.2) is 0 Å². The van der Waals surface area contributed by atoms with Gasteiger partial charge >= 0.3 is 0 Å². The Balaban J connectivity index is 1.11. The minimum absolute atomic E-state index is 0.0442. The van der Waals surface area contributed by atoms with Gasteiger partial charge in [-0.2, -0.15) is 4.98 Å². The normalized spacial score (nSPS) is 16.8. The number of carbonyl (C=O) groups excluding carboxylic acids is 1. The van der Waals surface area contributed by atoms with Gasteiger partial charge in [-0.15, -0.1) is 0 Å². The minimum atomic E-state index is 0.0442. The van der Waals surface area contributed by atoms with Crippen molar-refractivity contribution in [2.75, 3.05) is 37.6 Å². The Hall–Kier alpha value is -3.00. The van der Waals surface area contributed by atoms with Crippen LogP contribution in [0.15, 0.2) is 28.8 Å². The molecule has 3 aromatic rings. The summed E-state index contributed by atoms with van der Waals surface area (Å²) in [5.74, 6) is 1.60. The van der Waals surface area contributed by atoms with Gasteiger partial charge in [-0.25, -0.2) is 4.98 Å². The molecule has 1 N–H and O–H groups in total. The zero-order valence-electron chi connectivity index (χ0n) is 20.8. The second kappa shape index (κ2) is 11.2. The van der Waals surface area contributed by atoms with E-state index in [0.717, 1.165) is 75.3 Å². The molecule has 1 aromatic carbocycles. The molecular weight excluding hydrogens is 440 g/mol. The fraction of sp³-hybridized carbons (Fsp3) is 0.556. The smallest absolute Gasteiger partial charge is 0.263 e. The third-order valence-electron chi connectivity index (χ3n) is 7.20. The van der Waals surface area contributed by atoms with E-state index < -0.39 is 0 Å². The first-order valence-corrected chi connectivity index (χ1v) is 13.1. The second-order valence-corrected chi connectivity index (χ2v) is 9.81. The predicted octanol–water partition coefficient (Wildman–Crippen LogP) is 3.80.